The molecule has 0 fully saturated rings. The van der Waals surface area contributed by atoms with Crippen LogP contribution in [0.3, 0.4) is 0 Å². The number of para-hydroxylation sites is 1. The van der Waals surface area contributed by atoms with E-state index in [9.17, 15) is 9.90 Å². The quantitative estimate of drug-likeness (QED) is 0.878. The molecule has 1 heterocycles. The molecule has 0 saturated heterocycles. The Labute approximate surface area is 118 Å². The molecule has 104 valence electrons. The molecule has 2 aromatic rings. The fourth-order valence-electron chi connectivity index (χ4n) is 1.99. The Morgan fingerprint density at radius 1 is 1.25 bits per heavy atom. The topological polar surface area (TPSA) is 62.2 Å². The summed E-state index contributed by atoms with van der Waals surface area (Å²) in [5.41, 5.74) is 1.84. The highest BCUT2D eigenvalue weighted by Gasteiger charge is 2.16. The molecule has 0 aliphatic carbocycles. The van der Waals surface area contributed by atoms with Gasteiger partial charge < -0.3 is 10.4 Å². The molecule has 4 heteroatoms. The Hall–Kier alpha value is -2.20. The molecule has 1 unspecified atom stereocenters. The number of aliphatic hydroxyl groups is 1. The normalized spacial score (nSPS) is 11.9. The van der Waals surface area contributed by atoms with Crippen molar-refractivity contribution in [2.24, 2.45) is 0 Å². The Bertz CT molecular complexity index is 570. The molecule has 0 radical (unpaired) electrons. The minimum atomic E-state index is -0.852. The largest absolute Gasteiger partial charge is 0.382 e. The maximum Gasteiger partial charge on any atom is 0.224 e. The third kappa shape index (κ3) is 3.42. The van der Waals surface area contributed by atoms with Crippen LogP contribution in [-0.2, 0) is 4.79 Å². The monoisotopic (exact) mass is 270 g/mol. The summed E-state index contributed by atoms with van der Waals surface area (Å²) in [5.74, 6) is -0.0480. The number of rotatable bonds is 5. The third-order valence-corrected chi connectivity index (χ3v) is 2.97. The van der Waals surface area contributed by atoms with Crippen LogP contribution < -0.4 is 5.32 Å². The number of pyridine rings is 1. The number of benzene rings is 1. The molecule has 1 aromatic carbocycles. The van der Waals surface area contributed by atoms with Gasteiger partial charge in [-0.25, -0.2) is 0 Å². The Morgan fingerprint density at radius 3 is 2.70 bits per heavy atom. The zero-order chi connectivity index (χ0) is 14.4. The molecule has 0 aliphatic rings. The average molecular weight is 270 g/mol. The summed E-state index contributed by atoms with van der Waals surface area (Å²) in [5, 5.41) is 13.2. The van der Waals surface area contributed by atoms with E-state index in [-0.39, 0.29) is 5.91 Å². The van der Waals surface area contributed by atoms with Crippen molar-refractivity contribution in [1.82, 2.24) is 4.98 Å². The summed E-state index contributed by atoms with van der Waals surface area (Å²) < 4.78 is 0. The fourth-order valence-corrected chi connectivity index (χ4v) is 1.99. The predicted molar refractivity (Wildman–Crippen MR) is 78.3 cm³/mol. The van der Waals surface area contributed by atoms with Gasteiger partial charge in [-0.05, 0) is 24.6 Å². The van der Waals surface area contributed by atoms with E-state index in [0.29, 0.717) is 23.4 Å². The fraction of sp³-hybridized carbons (Fsp3) is 0.250. The van der Waals surface area contributed by atoms with Crippen molar-refractivity contribution in [2.75, 3.05) is 5.32 Å². The first-order chi connectivity index (χ1) is 9.72. The van der Waals surface area contributed by atoms with Crippen molar-refractivity contribution in [3.05, 3.63) is 59.9 Å². The van der Waals surface area contributed by atoms with Crippen LogP contribution in [0.1, 0.15) is 37.1 Å². The molecule has 0 aliphatic heterocycles. The van der Waals surface area contributed by atoms with E-state index < -0.39 is 6.10 Å². The molecule has 20 heavy (non-hydrogen) atoms. The number of hydrogen-bond acceptors (Lipinski definition) is 3. The number of nitrogens with one attached hydrogen (secondary N) is 1. The van der Waals surface area contributed by atoms with Crippen LogP contribution in [0.25, 0.3) is 0 Å². The van der Waals surface area contributed by atoms with Gasteiger partial charge in [0.15, 0.2) is 0 Å². The number of nitrogens with zero attached hydrogens (tertiary/aromatic N) is 1. The third-order valence-electron chi connectivity index (χ3n) is 2.97. The number of carbonyl (C=O) groups is 1. The van der Waals surface area contributed by atoms with Gasteiger partial charge >= 0.3 is 0 Å². The van der Waals surface area contributed by atoms with Gasteiger partial charge in [-0.2, -0.15) is 0 Å². The van der Waals surface area contributed by atoms with Crippen LogP contribution in [0.5, 0.6) is 0 Å². The molecule has 2 N–H and O–H groups in total. The minimum Gasteiger partial charge on any atom is -0.382 e. The maximum atomic E-state index is 11.7. The van der Waals surface area contributed by atoms with Gasteiger partial charge in [0.05, 0.1) is 5.69 Å². The number of aromatic nitrogens is 1. The summed E-state index contributed by atoms with van der Waals surface area (Å²) in [6.07, 6.45) is 2.04. The van der Waals surface area contributed by atoms with Crippen LogP contribution in [0.15, 0.2) is 48.7 Å². The van der Waals surface area contributed by atoms with Gasteiger partial charge in [0.1, 0.15) is 6.10 Å². The maximum absolute atomic E-state index is 11.7. The minimum absolute atomic E-state index is 0.0480. The van der Waals surface area contributed by atoms with E-state index in [1.54, 1.807) is 30.5 Å². The lowest BCUT2D eigenvalue weighted by molar-refractivity contribution is -0.116. The van der Waals surface area contributed by atoms with Crippen LogP contribution >= 0.6 is 0 Å². The lowest BCUT2D eigenvalue weighted by Gasteiger charge is -2.15. The average Bonchev–Trinajstić information content (AvgIpc) is 2.48. The number of anilines is 1. The van der Waals surface area contributed by atoms with E-state index in [1.165, 1.54) is 0 Å². The molecule has 4 nitrogen and oxygen atoms in total. The molecule has 0 spiro atoms. The number of aliphatic hydroxyl groups excluding tert-OH is 1. The van der Waals surface area contributed by atoms with Crippen LogP contribution in [0.4, 0.5) is 5.69 Å². The van der Waals surface area contributed by atoms with Crippen molar-refractivity contribution in [1.29, 1.82) is 0 Å². The summed E-state index contributed by atoms with van der Waals surface area (Å²) in [7, 11) is 0. The van der Waals surface area contributed by atoms with Gasteiger partial charge in [0.25, 0.3) is 0 Å². The van der Waals surface area contributed by atoms with Crippen molar-refractivity contribution in [3.8, 4) is 0 Å². The Balaban J connectivity index is 2.25. The summed E-state index contributed by atoms with van der Waals surface area (Å²) in [6.45, 7) is 1.95. The first-order valence-corrected chi connectivity index (χ1v) is 6.70. The van der Waals surface area contributed by atoms with Crippen molar-refractivity contribution in [2.45, 2.75) is 25.9 Å². The molecule has 2 rings (SSSR count). The molecule has 0 bridgehead atoms. The van der Waals surface area contributed by atoms with E-state index >= 15 is 0 Å². The van der Waals surface area contributed by atoms with Gasteiger partial charge in [-0.3, -0.25) is 9.78 Å². The SMILES string of the molecule is CCCC(=O)Nc1ccccc1C(O)c1ccccn1. The lowest BCUT2D eigenvalue weighted by atomic mass is 10.0. The van der Waals surface area contributed by atoms with Crippen molar-refractivity contribution >= 4 is 11.6 Å². The van der Waals surface area contributed by atoms with Gasteiger partial charge in [0.2, 0.25) is 5.91 Å². The van der Waals surface area contributed by atoms with Gasteiger partial charge in [-0.15, -0.1) is 0 Å². The first kappa shape index (κ1) is 14.2. The summed E-state index contributed by atoms with van der Waals surface area (Å²) in [6, 6.07) is 12.6. The first-order valence-electron chi connectivity index (χ1n) is 6.70. The number of carbonyl (C=O) groups excluding carboxylic acids is 1. The summed E-state index contributed by atoms with van der Waals surface area (Å²) >= 11 is 0. The predicted octanol–water partition coefficient (Wildman–Crippen LogP) is 2.90. The zero-order valence-electron chi connectivity index (χ0n) is 11.4. The highest BCUT2D eigenvalue weighted by Crippen LogP contribution is 2.27. The van der Waals surface area contributed by atoms with E-state index in [2.05, 4.69) is 10.3 Å². The van der Waals surface area contributed by atoms with E-state index in [4.69, 9.17) is 0 Å². The second kappa shape index (κ2) is 6.82. The van der Waals surface area contributed by atoms with Crippen LogP contribution in [-0.4, -0.2) is 16.0 Å². The highest BCUT2D eigenvalue weighted by molar-refractivity contribution is 5.91. The molecule has 1 atom stereocenters. The lowest BCUT2D eigenvalue weighted by Crippen LogP contribution is -2.14. The van der Waals surface area contributed by atoms with Gasteiger partial charge in [-0.1, -0.05) is 31.2 Å². The second-order valence-electron chi connectivity index (χ2n) is 4.54. The van der Waals surface area contributed by atoms with Crippen molar-refractivity contribution < 1.29 is 9.90 Å². The van der Waals surface area contributed by atoms with Crippen molar-refractivity contribution in [3.63, 3.8) is 0 Å². The van der Waals surface area contributed by atoms with Gasteiger partial charge in [0, 0.05) is 23.9 Å². The molecule has 0 saturated carbocycles. The van der Waals surface area contributed by atoms with Crippen LogP contribution in [0.2, 0.25) is 0 Å². The second-order valence-corrected chi connectivity index (χ2v) is 4.54. The zero-order valence-corrected chi connectivity index (χ0v) is 11.4. The Morgan fingerprint density at radius 2 is 2.00 bits per heavy atom. The molecular weight excluding hydrogens is 252 g/mol. The highest BCUT2D eigenvalue weighted by atomic mass is 16.3. The molecule has 1 amide bonds. The number of amides is 1. The van der Waals surface area contributed by atoms with Crippen LogP contribution in [0, 0.1) is 0 Å². The summed E-state index contributed by atoms with van der Waals surface area (Å²) in [4.78, 5) is 15.9. The number of hydrogen-bond donors (Lipinski definition) is 2. The Kier molecular flexibility index (Phi) is 4.85. The van der Waals surface area contributed by atoms with E-state index in [0.717, 1.165) is 6.42 Å². The standard InChI is InChI=1S/C16H18N2O2/c1-2-7-15(19)18-13-9-4-3-8-12(13)16(20)14-10-5-6-11-17-14/h3-6,8-11,16,20H,2,7H2,1H3,(H,18,19). The molecule has 1 aromatic heterocycles. The molecular formula is C16H18N2O2. The smallest absolute Gasteiger partial charge is 0.224 e. The van der Waals surface area contributed by atoms with E-state index in [1.807, 2.05) is 25.1 Å².